The van der Waals surface area contributed by atoms with E-state index in [2.05, 4.69) is 4.57 Å². The molecule has 1 aliphatic rings. The highest BCUT2D eigenvalue weighted by atomic mass is 19.1. The van der Waals surface area contributed by atoms with Crippen LogP contribution in [0.15, 0.2) is 24.3 Å². The van der Waals surface area contributed by atoms with Crippen molar-refractivity contribution in [3.63, 3.8) is 0 Å². The Labute approximate surface area is 98.7 Å². The average Bonchev–Trinajstić information content (AvgIpc) is 2.52. The van der Waals surface area contributed by atoms with Gasteiger partial charge in [-0.1, -0.05) is 0 Å². The fourth-order valence-corrected chi connectivity index (χ4v) is 2.29. The van der Waals surface area contributed by atoms with E-state index in [0.29, 0.717) is 6.54 Å². The topological polar surface area (TPSA) is 23.4 Å². The van der Waals surface area contributed by atoms with Crippen molar-refractivity contribution in [2.45, 2.75) is 33.0 Å². The first-order chi connectivity index (χ1) is 8.13. The number of hydrogen-bond donors (Lipinski definition) is 0. The van der Waals surface area contributed by atoms with Crippen LogP contribution in [0.2, 0.25) is 0 Å². The first kappa shape index (κ1) is 10.7. The number of aryl methyl sites for hydroxylation is 1. The van der Waals surface area contributed by atoms with Crippen LogP contribution in [0.1, 0.15) is 12.6 Å². The van der Waals surface area contributed by atoms with Gasteiger partial charge in [-0.3, -0.25) is 0 Å². The Balaban J connectivity index is 1.95. The normalized spacial score (nSPS) is 23.9. The number of nitrogens with zero attached hydrogens (tertiary/aromatic N) is 1. The van der Waals surface area contributed by atoms with Crippen molar-refractivity contribution in [2.24, 2.45) is 0 Å². The zero-order valence-electron chi connectivity index (χ0n) is 9.81. The minimum Gasteiger partial charge on any atom is -0.340 e. The fourth-order valence-electron chi connectivity index (χ4n) is 2.29. The summed E-state index contributed by atoms with van der Waals surface area (Å²) in [7, 11) is 0. The van der Waals surface area contributed by atoms with Crippen molar-refractivity contribution >= 4 is 10.9 Å². The van der Waals surface area contributed by atoms with Crippen LogP contribution in [0.25, 0.3) is 10.9 Å². The molecule has 0 amide bonds. The molecule has 1 aromatic carbocycles. The lowest BCUT2D eigenvalue weighted by Crippen LogP contribution is -2.41. The van der Waals surface area contributed by atoms with Crippen molar-refractivity contribution in [3.05, 3.63) is 35.8 Å². The highest BCUT2D eigenvalue weighted by Gasteiger charge is 2.27. The van der Waals surface area contributed by atoms with Crippen LogP contribution in [0, 0.1) is 12.7 Å². The Morgan fingerprint density at radius 2 is 2.06 bits per heavy atom. The Bertz CT molecular complexity index is 558. The third kappa shape index (κ3) is 1.83. The second kappa shape index (κ2) is 3.82. The third-order valence-corrected chi connectivity index (χ3v) is 3.09. The molecule has 1 saturated heterocycles. The maximum absolute atomic E-state index is 13.1. The molecule has 2 aromatic rings. The Morgan fingerprint density at radius 3 is 2.76 bits per heavy atom. The quantitative estimate of drug-likeness (QED) is 0.799. The lowest BCUT2D eigenvalue weighted by atomic mass is 10.2. The first-order valence-electron chi connectivity index (χ1n) is 5.70. The van der Waals surface area contributed by atoms with Crippen LogP contribution >= 0.6 is 0 Å². The largest absolute Gasteiger partial charge is 0.340 e. The van der Waals surface area contributed by atoms with Gasteiger partial charge >= 0.3 is 0 Å². The van der Waals surface area contributed by atoms with Crippen LogP contribution in [0.3, 0.4) is 0 Å². The Hall–Kier alpha value is -1.39. The number of fused-ring (bicyclic) bond motifs is 1. The van der Waals surface area contributed by atoms with E-state index in [4.69, 9.17) is 9.47 Å². The second-order valence-corrected chi connectivity index (χ2v) is 4.37. The summed E-state index contributed by atoms with van der Waals surface area (Å²) < 4.78 is 26.0. The van der Waals surface area contributed by atoms with E-state index in [1.807, 2.05) is 19.9 Å². The van der Waals surface area contributed by atoms with Gasteiger partial charge in [0.05, 0.1) is 6.54 Å². The summed E-state index contributed by atoms with van der Waals surface area (Å²) in [6, 6.07) is 6.79. The predicted molar refractivity (Wildman–Crippen MR) is 62.1 cm³/mol. The molecule has 0 aliphatic carbocycles. The molecule has 4 heteroatoms. The number of rotatable bonds is 2. The first-order valence-corrected chi connectivity index (χ1v) is 5.70. The molecule has 90 valence electrons. The van der Waals surface area contributed by atoms with Gasteiger partial charge in [0.1, 0.15) is 5.82 Å². The standard InChI is InChI=1S/C13H14FNO2/c1-8-5-10-6-11(14)3-4-12(10)15(8)7-13-16-9(2)17-13/h3-6,9,13H,7H2,1-2H3. The monoisotopic (exact) mass is 235 g/mol. The van der Waals surface area contributed by atoms with Crippen LogP contribution in [0.4, 0.5) is 4.39 Å². The van der Waals surface area contributed by atoms with E-state index in [0.717, 1.165) is 16.6 Å². The van der Waals surface area contributed by atoms with E-state index in [9.17, 15) is 4.39 Å². The molecular weight excluding hydrogens is 221 g/mol. The SMILES string of the molecule is Cc1cc2cc(F)ccc2n1CC1OC(C)O1. The smallest absolute Gasteiger partial charge is 0.181 e. The molecule has 0 unspecified atom stereocenters. The van der Waals surface area contributed by atoms with Gasteiger partial charge in [-0.15, -0.1) is 0 Å². The van der Waals surface area contributed by atoms with Gasteiger partial charge in [-0.25, -0.2) is 4.39 Å². The van der Waals surface area contributed by atoms with Crippen LogP contribution in [-0.4, -0.2) is 17.1 Å². The Morgan fingerprint density at radius 1 is 1.29 bits per heavy atom. The highest BCUT2D eigenvalue weighted by Crippen LogP contribution is 2.24. The van der Waals surface area contributed by atoms with Crippen LogP contribution < -0.4 is 0 Å². The number of benzene rings is 1. The molecule has 0 radical (unpaired) electrons. The molecule has 0 spiro atoms. The van der Waals surface area contributed by atoms with Crippen LogP contribution in [0.5, 0.6) is 0 Å². The molecule has 1 fully saturated rings. The summed E-state index contributed by atoms with van der Waals surface area (Å²) in [6.45, 7) is 4.51. The molecule has 3 nitrogen and oxygen atoms in total. The molecule has 0 bridgehead atoms. The maximum atomic E-state index is 13.1. The van der Waals surface area contributed by atoms with Crippen molar-refractivity contribution in [1.82, 2.24) is 4.57 Å². The molecule has 2 heterocycles. The molecule has 0 atom stereocenters. The van der Waals surface area contributed by atoms with E-state index < -0.39 is 0 Å². The van der Waals surface area contributed by atoms with Gasteiger partial charge in [-0.2, -0.15) is 0 Å². The van der Waals surface area contributed by atoms with E-state index in [1.54, 1.807) is 12.1 Å². The minimum absolute atomic E-state index is 0.112. The summed E-state index contributed by atoms with van der Waals surface area (Å²) in [6.07, 6.45) is -0.302. The predicted octanol–water partition coefficient (Wildman–Crippen LogP) is 2.81. The van der Waals surface area contributed by atoms with Gasteiger partial charge in [0.25, 0.3) is 0 Å². The summed E-state index contributed by atoms with van der Waals surface area (Å²) in [5, 5.41) is 0.912. The van der Waals surface area contributed by atoms with Gasteiger partial charge in [0.15, 0.2) is 12.6 Å². The zero-order valence-corrected chi connectivity index (χ0v) is 9.81. The zero-order chi connectivity index (χ0) is 12.0. The van der Waals surface area contributed by atoms with Crippen molar-refractivity contribution in [1.29, 1.82) is 0 Å². The van der Waals surface area contributed by atoms with E-state index >= 15 is 0 Å². The van der Waals surface area contributed by atoms with Gasteiger partial charge in [-0.05, 0) is 38.1 Å². The second-order valence-electron chi connectivity index (χ2n) is 4.37. The molecule has 1 aliphatic heterocycles. The van der Waals surface area contributed by atoms with Crippen LogP contribution in [-0.2, 0) is 16.0 Å². The molecule has 3 rings (SSSR count). The third-order valence-electron chi connectivity index (χ3n) is 3.09. The summed E-state index contributed by atoms with van der Waals surface area (Å²) in [4.78, 5) is 0. The van der Waals surface area contributed by atoms with Crippen molar-refractivity contribution in [2.75, 3.05) is 0 Å². The summed E-state index contributed by atoms with van der Waals surface area (Å²) >= 11 is 0. The number of aromatic nitrogens is 1. The Kier molecular flexibility index (Phi) is 2.42. The lowest BCUT2D eigenvalue weighted by molar-refractivity contribution is -0.379. The van der Waals surface area contributed by atoms with Gasteiger partial charge in [0.2, 0.25) is 0 Å². The molecular formula is C13H14FNO2. The molecule has 0 N–H and O–H groups in total. The van der Waals surface area contributed by atoms with E-state index in [1.165, 1.54) is 6.07 Å². The molecule has 17 heavy (non-hydrogen) atoms. The molecule has 0 saturated carbocycles. The fraction of sp³-hybridized carbons (Fsp3) is 0.385. The number of halogens is 1. The minimum atomic E-state index is -0.209. The van der Waals surface area contributed by atoms with E-state index in [-0.39, 0.29) is 18.4 Å². The summed E-state index contributed by atoms with van der Waals surface area (Å²) in [5.74, 6) is -0.209. The average molecular weight is 235 g/mol. The molecule has 1 aromatic heterocycles. The van der Waals surface area contributed by atoms with Gasteiger partial charge < -0.3 is 14.0 Å². The summed E-state index contributed by atoms with van der Waals surface area (Å²) in [5.41, 5.74) is 2.09. The number of ether oxygens (including phenoxy) is 2. The van der Waals surface area contributed by atoms with Crippen molar-refractivity contribution < 1.29 is 13.9 Å². The maximum Gasteiger partial charge on any atom is 0.181 e. The van der Waals surface area contributed by atoms with Gasteiger partial charge in [0, 0.05) is 16.6 Å². The van der Waals surface area contributed by atoms with Crippen molar-refractivity contribution in [3.8, 4) is 0 Å². The lowest BCUT2D eigenvalue weighted by Gasteiger charge is -2.34. The highest BCUT2D eigenvalue weighted by molar-refractivity contribution is 5.81. The number of hydrogen-bond acceptors (Lipinski definition) is 2.